The quantitative estimate of drug-likeness (QED) is 0.231. The molecule has 1 aromatic rings. The van der Waals surface area contributed by atoms with Crippen molar-refractivity contribution >= 4 is 11.9 Å². The van der Waals surface area contributed by atoms with Crippen molar-refractivity contribution in [3.63, 3.8) is 0 Å². The Morgan fingerprint density at radius 1 is 0.636 bits per heavy atom. The Labute approximate surface area is 203 Å². The minimum absolute atomic E-state index is 0.291. The molecule has 0 heterocycles. The van der Waals surface area contributed by atoms with Crippen LogP contribution >= 0.6 is 0 Å². The zero-order valence-electron chi connectivity index (χ0n) is 22.3. The zero-order valence-corrected chi connectivity index (χ0v) is 22.3. The molecule has 1 rings (SSSR count). The third-order valence-electron chi connectivity index (χ3n) is 6.06. The van der Waals surface area contributed by atoms with Crippen molar-refractivity contribution < 1.29 is 19.1 Å². The Hall–Kier alpha value is -1.84. The van der Waals surface area contributed by atoms with Gasteiger partial charge in [0.1, 0.15) is 0 Å². The van der Waals surface area contributed by atoms with E-state index in [1.54, 1.807) is 24.3 Å². The number of carbonyl (C=O) groups is 2. The lowest BCUT2D eigenvalue weighted by molar-refractivity contribution is 0.0381. The summed E-state index contributed by atoms with van der Waals surface area (Å²) >= 11 is 0. The van der Waals surface area contributed by atoms with Crippen molar-refractivity contribution in [1.82, 2.24) is 0 Å². The zero-order chi connectivity index (χ0) is 24.9. The molecule has 190 valence electrons. The van der Waals surface area contributed by atoms with E-state index >= 15 is 0 Å². The number of benzene rings is 1. The van der Waals surface area contributed by atoms with E-state index in [1.165, 1.54) is 19.3 Å². The third kappa shape index (κ3) is 14.1. The summed E-state index contributed by atoms with van der Waals surface area (Å²) in [5.74, 6) is -0.153. The monoisotopic (exact) mass is 462 g/mol. The van der Waals surface area contributed by atoms with Gasteiger partial charge in [0.2, 0.25) is 0 Å². The van der Waals surface area contributed by atoms with Crippen molar-refractivity contribution in [3.05, 3.63) is 35.4 Å². The second-order valence-electron chi connectivity index (χ2n) is 8.93. The number of rotatable bonds is 16. The maximum absolute atomic E-state index is 12.6. The fourth-order valence-corrected chi connectivity index (χ4v) is 3.53. The van der Waals surface area contributed by atoms with E-state index in [4.69, 9.17) is 9.47 Å². The maximum atomic E-state index is 12.6. The van der Waals surface area contributed by atoms with Gasteiger partial charge in [-0.05, 0) is 36.8 Å². The van der Waals surface area contributed by atoms with Crippen LogP contribution in [0.2, 0.25) is 0 Å². The number of carbonyl (C=O) groups excluding carboxylic acids is 2. The molecule has 0 radical (unpaired) electrons. The van der Waals surface area contributed by atoms with Gasteiger partial charge in [-0.3, -0.25) is 0 Å². The summed E-state index contributed by atoms with van der Waals surface area (Å²) in [6, 6.07) is 6.77. The summed E-state index contributed by atoms with van der Waals surface area (Å²) in [5, 5.41) is 0. The number of unbranched alkanes of at least 4 members (excludes halogenated alkanes) is 4. The largest absolute Gasteiger partial charge is 0.462 e. The van der Waals surface area contributed by atoms with Gasteiger partial charge < -0.3 is 9.47 Å². The van der Waals surface area contributed by atoms with Crippen LogP contribution in [-0.4, -0.2) is 25.2 Å². The number of hydrogen-bond donors (Lipinski definition) is 0. The highest BCUT2D eigenvalue weighted by molar-refractivity contribution is 6.03. The van der Waals surface area contributed by atoms with Crippen LogP contribution in [-0.2, 0) is 9.47 Å². The second-order valence-corrected chi connectivity index (χ2v) is 8.93. The van der Waals surface area contributed by atoms with Gasteiger partial charge in [-0.25, -0.2) is 9.59 Å². The van der Waals surface area contributed by atoms with Crippen LogP contribution in [0.4, 0.5) is 0 Å². The molecule has 2 atom stereocenters. The van der Waals surface area contributed by atoms with Crippen molar-refractivity contribution in [3.8, 4) is 0 Å². The minimum Gasteiger partial charge on any atom is -0.462 e. The first-order valence-electron chi connectivity index (χ1n) is 13.4. The molecule has 0 aliphatic heterocycles. The van der Waals surface area contributed by atoms with Gasteiger partial charge in [0.25, 0.3) is 0 Å². The number of esters is 2. The predicted molar refractivity (Wildman–Crippen MR) is 139 cm³/mol. The lowest BCUT2D eigenvalue weighted by Crippen LogP contribution is -2.19. The summed E-state index contributed by atoms with van der Waals surface area (Å²) in [7, 11) is 0. The van der Waals surface area contributed by atoms with E-state index in [1.807, 2.05) is 0 Å². The Morgan fingerprint density at radius 3 is 1.27 bits per heavy atom. The van der Waals surface area contributed by atoms with Crippen molar-refractivity contribution in [2.75, 3.05) is 13.2 Å². The Morgan fingerprint density at radius 2 is 1.00 bits per heavy atom. The Bertz CT molecular complexity index is 573. The van der Waals surface area contributed by atoms with E-state index < -0.39 is 11.9 Å². The highest BCUT2D eigenvalue weighted by atomic mass is 16.5. The first-order chi connectivity index (χ1) is 16.0. The van der Waals surface area contributed by atoms with Gasteiger partial charge in [-0.1, -0.05) is 111 Å². The molecule has 0 saturated carbocycles. The van der Waals surface area contributed by atoms with Gasteiger partial charge in [0.15, 0.2) is 0 Å². The molecule has 0 bridgehead atoms. The topological polar surface area (TPSA) is 52.6 Å². The molecule has 0 aliphatic carbocycles. The molecule has 0 spiro atoms. The first kappa shape index (κ1) is 31.2. The Kier molecular flexibility index (Phi) is 19.6. The molecule has 2 unspecified atom stereocenters. The van der Waals surface area contributed by atoms with Crippen LogP contribution in [0, 0.1) is 11.8 Å². The molecule has 0 fully saturated rings. The van der Waals surface area contributed by atoms with Gasteiger partial charge in [0.05, 0.1) is 24.3 Å². The summed E-state index contributed by atoms with van der Waals surface area (Å²) in [4.78, 5) is 25.1. The van der Waals surface area contributed by atoms with Crippen LogP contribution in [0.3, 0.4) is 0 Å². The number of ether oxygens (including phenoxy) is 2. The van der Waals surface area contributed by atoms with E-state index in [2.05, 4.69) is 41.5 Å². The van der Waals surface area contributed by atoms with E-state index in [9.17, 15) is 9.59 Å². The van der Waals surface area contributed by atoms with Gasteiger partial charge in [0, 0.05) is 0 Å². The SMILES string of the molecule is CCCCC.CCCCC(CC)COC(=O)c1ccccc1C(=O)OCC(CC)CCCC. The maximum Gasteiger partial charge on any atom is 0.339 e. The molecule has 33 heavy (non-hydrogen) atoms. The van der Waals surface area contributed by atoms with Crippen molar-refractivity contribution in [1.29, 1.82) is 0 Å². The van der Waals surface area contributed by atoms with Gasteiger partial charge in [-0.15, -0.1) is 0 Å². The Balaban J connectivity index is 0.00000184. The van der Waals surface area contributed by atoms with Crippen LogP contribution in [0.1, 0.15) is 133 Å². The molecule has 4 heteroatoms. The lowest BCUT2D eigenvalue weighted by Gasteiger charge is -2.17. The normalized spacial score (nSPS) is 12.3. The second kappa shape index (κ2) is 20.7. The van der Waals surface area contributed by atoms with Crippen LogP contribution in [0.25, 0.3) is 0 Å². The van der Waals surface area contributed by atoms with Gasteiger partial charge >= 0.3 is 11.9 Å². The van der Waals surface area contributed by atoms with E-state index in [0.717, 1.165) is 51.4 Å². The third-order valence-corrected chi connectivity index (χ3v) is 6.06. The molecular formula is C29H50O4. The highest BCUT2D eigenvalue weighted by Crippen LogP contribution is 2.18. The standard InChI is InChI=1S/C24H38O4.C5H12/c1-5-9-13-19(7-3)17-27-23(25)21-15-11-12-16-22(21)24(26)28-18-20(8-4)14-10-6-2;1-3-5-4-2/h11-12,15-16,19-20H,5-10,13-14,17-18H2,1-4H3;3-5H2,1-2H3. The number of hydrogen-bond acceptors (Lipinski definition) is 4. The lowest BCUT2D eigenvalue weighted by atomic mass is 10.0. The van der Waals surface area contributed by atoms with Crippen molar-refractivity contribution in [2.24, 2.45) is 11.8 Å². The molecule has 0 amide bonds. The highest BCUT2D eigenvalue weighted by Gasteiger charge is 2.21. The molecule has 0 aliphatic rings. The van der Waals surface area contributed by atoms with Crippen LogP contribution in [0.5, 0.6) is 0 Å². The molecule has 0 aromatic heterocycles. The molecule has 4 nitrogen and oxygen atoms in total. The fourth-order valence-electron chi connectivity index (χ4n) is 3.53. The fraction of sp³-hybridized carbons (Fsp3) is 0.724. The molecular weight excluding hydrogens is 412 g/mol. The minimum atomic E-state index is -0.444. The van der Waals surface area contributed by atoms with E-state index in [0.29, 0.717) is 36.2 Å². The van der Waals surface area contributed by atoms with Crippen LogP contribution < -0.4 is 0 Å². The average Bonchev–Trinajstić information content (AvgIpc) is 2.84. The van der Waals surface area contributed by atoms with E-state index in [-0.39, 0.29) is 0 Å². The summed E-state index contributed by atoms with van der Waals surface area (Å²) in [6.45, 7) is 13.8. The van der Waals surface area contributed by atoms with Crippen molar-refractivity contribution in [2.45, 2.75) is 112 Å². The van der Waals surface area contributed by atoms with Gasteiger partial charge in [-0.2, -0.15) is 0 Å². The summed E-state index contributed by atoms with van der Waals surface area (Å²) in [5.41, 5.74) is 0.582. The summed E-state index contributed by atoms with van der Waals surface area (Å²) in [6.07, 6.45) is 12.7. The first-order valence-corrected chi connectivity index (χ1v) is 13.4. The summed E-state index contributed by atoms with van der Waals surface area (Å²) < 4.78 is 11.0. The molecule has 0 N–H and O–H groups in total. The smallest absolute Gasteiger partial charge is 0.339 e. The predicted octanol–water partition coefficient (Wildman–Crippen LogP) is 8.63. The molecule has 0 saturated heterocycles. The molecule has 1 aromatic carbocycles. The van der Waals surface area contributed by atoms with Crippen LogP contribution in [0.15, 0.2) is 24.3 Å². The average molecular weight is 463 g/mol.